The van der Waals surface area contributed by atoms with Crippen molar-refractivity contribution in [3.05, 3.63) is 163 Å². The van der Waals surface area contributed by atoms with Crippen LogP contribution < -0.4 is 0 Å². The van der Waals surface area contributed by atoms with Crippen molar-refractivity contribution < 1.29 is 8.78 Å². The van der Waals surface area contributed by atoms with Crippen LogP contribution in [-0.2, 0) is 0 Å². The second-order valence-corrected chi connectivity index (χ2v) is 15.3. The average Bonchev–Trinajstić information content (AvgIpc) is 4.03. The molecule has 5 heterocycles. The van der Waals surface area contributed by atoms with E-state index in [1.807, 2.05) is 97.1 Å². The third-order valence-electron chi connectivity index (χ3n) is 10.2. The Morgan fingerprint density at radius 3 is 1.39 bits per heavy atom. The number of hydrogen-bond acceptors (Lipinski definition) is 2. The van der Waals surface area contributed by atoms with Crippen LogP contribution in [-0.4, -0.2) is 19.9 Å². The maximum Gasteiger partial charge on any atom is 0.168 e. The van der Waals surface area contributed by atoms with Crippen LogP contribution >= 0.6 is 46.4 Å². The summed E-state index contributed by atoms with van der Waals surface area (Å²) < 4.78 is 33.1. The molecule has 0 saturated heterocycles. The van der Waals surface area contributed by atoms with Gasteiger partial charge in [0.2, 0.25) is 0 Å². The molecule has 1 aliphatic carbocycles. The molecule has 4 nitrogen and oxygen atoms in total. The molecule has 10 rings (SSSR count). The molecule has 3 aromatic heterocycles. The molecule has 0 radical (unpaired) electrons. The average molecular weight is 813 g/mol. The molecule has 0 atom stereocenters. The van der Waals surface area contributed by atoms with Gasteiger partial charge in [-0.3, -0.25) is 0 Å². The summed E-state index contributed by atoms with van der Waals surface area (Å²) in [6, 6.07) is 32.9. The zero-order valence-corrected chi connectivity index (χ0v) is 31.9. The monoisotopic (exact) mass is 810 g/mol. The predicted octanol–water partition coefficient (Wildman–Crippen LogP) is 15.0. The Kier molecular flexibility index (Phi) is 8.35. The molecule has 0 spiro atoms. The van der Waals surface area contributed by atoms with E-state index in [9.17, 15) is 0 Å². The number of halogens is 6. The third-order valence-corrected chi connectivity index (χ3v) is 11.2. The fourth-order valence-corrected chi connectivity index (χ4v) is 8.21. The molecule has 2 N–H and O–H groups in total. The van der Waals surface area contributed by atoms with Gasteiger partial charge < -0.3 is 9.97 Å². The van der Waals surface area contributed by atoms with E-state index in [4.69, 9.17) is 56.4 Å². The molecule has 7 aromatic rings. The normalized spacial score (nSPS) is 13.0. The van der Waals surface area contributed by atoms with Crippen LogP contribution in [0, 0.1) is 0 Å². The largest absolute Gasteiger partial charge is 0.354 e. The van der Waals surface area contributed by atoms with Crippen LogP contribution in [0.3, 0.4) is 0 Å². The molecule has 56 heavy (non-hydrogen) atoms. The van der Waals surface area contributed by atoms with Gasteiger partial charge in [-0.25, -0.2) is 18.7 Å². The molecule has 10 heteroatoms. The number of benzene rings is 4. The third kappa shape index (κ3) is 5.80. The highest BCUT2D eigenvalue weighted by atomic mass is 35.5. The molecule has 0 unspecified atom stereocenters. The van der Waals surface area contributed by atoms with Crippen LogP contribution in [0.4, 0.5) is 8.78 Å². The lowest BCUT2D eigenvalue weighted by Crippen LogP contribution is -1.92. The van der Waals surface area contributed by atoms with E-state index >= 15 is 8.78 Å². The van der Waals surface area contributed by atoms with E-state index in [0.717, 1.165) is 33.3 Å². The van der Waals surface area contributed by atoms with Gasteiger partial charge in [0.1, 0.15) is 0 Å². The molecule has 3 aliphatic rings. The quantitative estimate of drug-likeness (QED) is 0.187. The highest BCUT2D eigenvalue weighted by Gasteiger charge is 2.28. The first kappa shape index (κ1) is 34.7. The minimum atomic E-state index is -1.02. The van der Waals surface area contributed by atoms with E-state index in [1.165, 1.54) is 6.07 Å². The second kappa shape index (κ2) is 13.5. The van der Waals surface area contributed by atoms with Crippen LogP contribution in [0.2, 0.25) is 20.1 Å². The summed E-state index contributed by atoms with van der Waals surface area (Å²) in [5, 5.41) is 2.02. The van der Waals surface area contributed by atoms with E-state index in [-0.39, 0.29) is 16.1 Å². The van der Waals surface area contributed by atoms with Crippen molar-refractivity contribution in [3.63, 3.8) is 0 Å². The van der Waals surface area contributed by atoms with Crippen LogP contribution in [0.1, 0.15) is 33.9 Å². The number of nitrogens with zero attached hydrogens (tertiary/aromatic N) is 2. The lowest BCUT2D eigenvalue weighted by Gasteiger charge is -2.09. The number of H-pyrrole nitrogens is 2. The summed E-state index contributed by atoms with van der Waals surface area (Å²) in [4.78, 5) is 17.6. The van der Waals surface area contributed by atoms with Gasteiger partial charge in [-0.15, -0.1) is 0 Å². The molecule has 0 amide bonds. The first-order chi connectivity index (χ1) is 27.2. The van der Waals surface area contributed by atoms with E-state index < -0.39 is 11.7 Å². The Morgan fingerprint density at radius 1 is 0.375 bits per heavy atom. The first-order valence-electron chi connectivity index (χ1n) is 17.5. The Hall–Kier alpha value is -5.76. The predicted molar refractivity (Wildman–Crippen MR) is 230 cm³/mol. The fourth-order valence-electron chi connectivity index (χ4n) is 7.65. The highest BCUT2D eigenvalue weighted by Crippen LogP contribution is 2.47. The van der Waals surface area contributed by atoms with Crippen molar-refractivity contribution in [3.8, 4) is 44.5 Å². The zero-order valence-electron chi connectivity index (χ0n) is 28.9. The number of fused-ring (bicyclic) bond motifs is 10. The van der Waals surface area contributed by atoms with Gasteiger partial charge in [0, 0.05) is 70.0 Å². The number of hydrogen-bond donors (Lipinski definition) is 2. The molecule has 0 fully saturated rings. The van der Waals surface area contributed by atoms with E-state index in [2.05, 4.69) is 9.97 Å². The minimum absolute atomic E-state index is 0.0283. The Labute approximate surface area is 339 Å². The summed E-state index contributed by atoms with van der Waals surface area (Å²) in [6.07, 6.45) is 7.71. The summed E-state index contributed by atoms with van der Waals surface area (Å²) in [5.74, 6) is -2.04. The number of aromatic nitrogens is 4. The SMILES string of the molecule is FC1=C(F)c2cc3[nH]c2c(c2nc(c(-c4ccc(Cl)cc4)c4nc(c(-c5ccc(Cl)cc5)c5ccc([nH]5)c3-c3ccc(Cl)cc3)C=C4)C=C2)-c2ccc(Cl)cc21. The molecular weight excluding hydrogens is 788 g/mol. The van der Waals surface area contributed by atoms with Crippen molar-refractivity contribution in [1.82, 2.24) is 19.9 Å². The van der Waals surface area contributed by atoms with Gasteiger partial charge >= 0.3 is 0 Å². The van der Waals surface area contributed by atoms with Crippen LogP contribution in [0.5, 0.6) is 0 Å². The topological polar surface area (TPSA) is 57.4 Å². The highest BCUT2D eigenvalue weighted by molar-refractivity contribution is 6.32. The summed E-state index contributed by atoms with van der Waals surface area (Å²) >= 11 is 25.5. The number of aromatic amines is 2. The van der Waals surface area contributed by atoms with Crippen molar-refractivity contribution >= 4 is 104 Å². The minimum Gasteiger partial charge on any atom is -0.354 e. The second-order valence-electron chi connectivity index (χ2n) is 13.5. The Bertz CT molecular complexity index is 3070. The molecule has 0 saturated carbocycles. The smallest absolute Gasteiger partial charge is 0.168 e. The van der Waals surface area contributed by atoms with Crippen molar-refractivity contribution in [2.45, 2.75) is 0 Å². The van der Waals surface area contributed by atoms with Crippen LogP contribution in [0.25, 0.3) is 103 Å². The van der Waals surface area contributed by atoms with Crippen molar-refractivity contribution in [1.29, 1.82) is 0 Å². The standard InChI is InChI=1S/C46H24Cl4F2N4/c47-26-7-1-23(2-8-26)40-33-15-16-34(53-33)41(24-3-9-27(48)10-4-24)36-19-20-38(55-36)43-30-14-13-29(50)21-31(30)44(51)45(52)32-22-39(56-46(32)43)42(37-18-17-35(40)54-37)25-5-11-28(49)12-6-25/h1-22,54,56H. The Morgan fingerprint density at radius 2 is 0.821 bits per heavy atom. The Balaban J connectivity index is 1.44. The maximum atomic E-state index is 16.7. The summed E-state index contributed by atoms with van der Waals surface area (Å²) in [7, 11) is 0. The molecule has 2 aliphatic heterocycles. The van der Waals surface area contributed by atoms with Gasteiger partial charge in [0.05, 0.1) is 28.3 Å². The lowest BCUT2D eigenvalue weighted by molar-refractivity contribution is 0.702. The van der Waals surface area contributed by atoms with Gasteiger partial charge in [0.25, 0.3) is 0 Å². The van der Waals surface area contributed by atoms with E-state index in [1.54, 1.807) is 30.3 Å². The molecule has 270 valence electrons. The van der Waals surface area contributed by atoms with Gasteiger partial charge in [-0.2, -0.15) is 0 Å². The molecule has 4 aromatic carbocycles. The zero-order chi connectivity index (χ0) is 38.2. The summed E-state index contributed by atoms with van der Waals surface area (Å²) in [6.45, 7) is 0. The van der Waals surface area contributed by atoms with Crippen molar-refractivity contribution in [2.24, 2.45) is 0 Å². The summed E-state index contributed by atoms with van der Waals surface area (Å²) in [5.41, 5.74) is 10.7. The van der Waals surface area contributed by atoms with Gasteiger partial charge in [-0.05, 0) is 113 Å². The molecule has 8 bridgehead atoms. The van der Waals surface area contributed by atoms with E-state index in [0.29, 0.717) is 71.1 Å². The number of nitrogens with one attached hydrogen (secondary N) is 2. The van der Waals surface area contributed by atoms with Crippen molar-refractivity contribution in [2.75, 3.05) is 0 Å². The number of rotatable bonds is 3. The fraction of sp³-hybridized carbons (Fsp3) is 0. The lowest BCUT2D eigenvalue weighted by atomic mass is 9.98. The first-order valence-corrected chi connectivity index (χ1v) is 19.1. The van der Waals surface area contributed by atoms with Crippen LogP contribution in [0.15, 0.2) is 109 Å². The maximum absolute atomic E-state index is 16.7. The molecular formula is C46H24Cl4F2N4. The van der Waals surface area contributed by atoms with Gasteiger partial charge in [-0.1, -0.05) is 88.9 Å². The van der Waals surface area contributed by atoms with Gasteiger partial charge in [0.15, 0.2) is 11.7 Å².